The third-order valence-electron chi connectivity index (χ3n) is 4.35. The number of ether oxygens (including phenoxy) is 1. The van der Waals surface area contributed by atoms with Crippen molar-refractivity contribution in [3.8, 4) is 0 Å². The van der Waals surface area contributed by atoms with Crippen molar-refractivity contribution in [2.45, 2.75) is 40.2 Å². The van der Waals surface area contributed by atoms with E-state index in [0.717, 1.165) is 21.7 Å². The van der Waals surface area contributed by atoms with Crippen molar-refractivity contribution in [3.05, 3.63) is 45.5 Å². The molecular formula is C19H23N3O3S. The number of aromatic nitrogens is 1. The molecule has 1 aromatic heterocycles. The van der Waals surface area contributed by atoms with Gasteiger partial charge >= 0.3 is 6.09 Å². The predicted octanol–water partition coefficient (Wildman–Crippen LogP) is 3.46. The van der Waals surface area contributed by atoms with Gasteiger partial charge in [0.15, 0.2) is 5.13 Å². The number of carbonyl (C=O) groups excluding carboxylic acids is 2. The Bertz CT molecular complexity index is 831. The Balaban J connectivity index is 1.63. The third kappa shape index (κ3) is 4.22. The zero-order valence-corrected chi connectivity index (χ0v) is 16.1. The SMILES string of the molecule is CCOC(=O)N1CCc2nc(NC(=O)Cc3ccc(C)cc3C)sc2C1. The van der Waals surface area contributed by atoms with Gasteiger partial charge in [0.25, 0.3) is 0 Å². The van der Waals surface area contributed by atoms with Gasteiger partial charge in [-0.2, -0.15) is 0 Å². The van der Waals surface area contributed by atoms with Gasteiger partial charge in [0.05, 0.1) is 25.3 Å². The minimum atomic E-state index is -0.299. The van der Waals surface area contributed by atoms with Crippen molar-refractivity contribution in [3.63, 3.8) is 0 Å². The van der Waals surface area contributed by atoms with Gasteiger partial charge in [-0.3, -0.25) is 4.79 Å². The smallest absolute Gasteiger partial charge is 0.410 e. The Labute approximate surface area is 157 Å². The first-order valence-electron chi connectivity index (χ1n) is 8.72. The maximum atomic E-state index is 12.4. The fourth-order valence-corrected chi connectivity index (χ4v) is 4.04. The molecule has 138 valence electrons. The molecule has 3 rings (SSSR count). The summed E-state index contributed by atoms with van der Waals surface area (Å²) in [5, 5.41) is 3.49. The van der Waals surface area contributed by atoms with Gasteiger partial charge in [-0.05, 0) is 31.9 Å². The number of fused-ring (bicyclic) bond motifs is 1. The Morgan fingerprint density at radius 3 is 2.88 bits per heavy atom. The van der Waals surface area contributed by atoms with Crippen LogP contribution in [0.15, 0.2) is 18.2 Å². The number of nitrogens with one attached hydrogen (secondary N) is 1. The standard InChI is InChI=1S/C19H23N3O3S/c1-4-25-19(24)22-8-7-15-16(11-22)26-18(20-15)21-17(23)10-14-6-5-12(2)9-13(14)3/h5-6,9H,4,7-8,10-11H2,1-3H3,(H,20,21,23). The Morgan fingerprint density at radius 2 is 2.15 bits per heavy atom. The maximum Gasteiger partial charge on any atom is 0.410 e. The molecule has 0 saturated heterocycles. The zero-order valence-electron chi connectivity index (χ0n) is 15.3. The van der Waals surface area contributed by atoms with E-state index in [1.165, 1.54) is 16.9 Å². The first kappa shape index (κ1) is 18.4. The lowest BCUT2D eigenvalue weighted by Gasteiger charge is -2.24. The van der Waals surface area contributed by atoms with Crippen LogP contribution in [0.2, 0.25) is 0 Å². The number of hydrogen-bond acceptors (Lipinski definition) is 5. The molecule has 0 fully saturated rings. The number of benzene rings is 1. The number of rotatable bonds is 4. The first-order valence-corrected chi connectivity index (χ1v) is 9.54. The van der Waals surface area contributed by atoms with Crippen LogP contribution in [0.3, 0.4) is 0 Å². The predicted molar refractivity (Wildman–Crippen MR) is 101 cm³/mol. The molecule has 0 atom stereocenters. The molecule has 2 aromatic rings. The summed E-state index contributed by atoms with van der Waals surface area (Å²) in [7, 11) is 0. The highest BCUT2D eigenvalue weighted by molar-refractivity contribution is 7.15. The molecule has 0 unspecified atom stereocenters. The highest BCUT2D eigenvalue weighted by Crippen LogP contribution is 2.28. The Kier molecular flexibility index (Phi) is 5.56. The summed E-state index contributed by atoms with van der Waals surface area (Å²) in [5.41, 5.74) is 4.27. The fourth-order valence-electron chi connectivity index (χ4n) is 3.00. The average molecular weight is 373 g/mol. The van der Waals surface area contributed by atoms with Crippen molar-refractivity contribution < 1.29 is 14.3 Å². The van der Waals surface area contributed by atoms with Gasteiger partial charge in [0.2, 0.25) is 5.91 Å². The van der Waals surface area contributed by atoms with E-state index in [2.05, 4.69) is 16.4 Å². The maximum absolute atomic E-state index is 12.4. The molecule has 6 nitrogen and oxygen atoms in total. The largest absolute Gasteiger partial charge is 0.450 e. The van der Waals surface area contributed by atoms with Crippen LogP contribution in [0.4, 0.5) is 9.93 Å². The van der Waals surface area contributed by atoms with Gasteiger partial charge in [0, 0.05) is 17.8 Å². The summed E-state index contributed by atoms with van der Waals surface area (Å²) in [6.45, 7) is 7.29. The van der Waals surface area contributed by atoms with Crippen LogP contribution in [-0.4, -0.2) is 35.0 Å². The third-order valence-corrected chi connectivity index (χ3v) is 5.35. The number of hydrogen-bond donors (Lipinski definition) is 1. The zero-order chi connectivity index (χ0) is 18.7. The number of amides is 2. The van der Waals surface area contributed by atoms with Crippen LogP contribution in [0.25, 0.3) is 0 Å². The van der Waals surface area contributed by atoms with Gasteiger partial charge in [0.1, 0.15) is 0 Å². The molecule has 0 spiro atoms. The van der Waals surface area contributed by atoms with Gasteiger partial charge < -0.3 is 15.0 Å². The molecule has 1 aliphatic rings. The van der Waals surface area contributed by atoms with Crippen molar-refractivity contribution in [2.24, 2.45) is 0 Å². The highest BCUT2D eigenvalue weighted by atomic mass is 32.1. The summed E-state index contributed by atoms with van der Waals surface area (Å²) in [4.78, 5) is 31.4. The average Bonchev–Trinajstić information content (AvgIpc) is 2.98. The van der Waals surface area contributed by atoms with Gasteiger partial charge in [-0.1, -0.05) is 35.1 Å². The lowest BCUT2D eigenvalue weighted by molar-refractivity contribution is -0.115. The molecule has 26 heavy (non-hydrogen) atoms. The molecule has 0 saturated carbocycles. The van der Waals surface area contributed by atoms with E-state index >= 15 is 0 Å². The Morgan fingerprint density at radius 1 is 1.35 bits per heavy atom. The van der Waals surface area contributed by atoms with Crippen LogP contribution in [0.1, 0.15) is 34.2 Å². The van der Waals surface area contributed by atoms with Crippen LogP contribution in [-0.2, 0) is 28.9 Å². The van der Waals surface area contributed by atoms with Crippen LogP contribution >= 0.6 is 11.3 Å². The van der Waals surface area contributed by atoms with Crippen LogP contribution in [0.5, 0.6) is 0 Å². The Hall–Kier alpha value is -2.41. The molecular weight excluding hydrogens is 350 g/mol. The summed E-state index contributed by atoms with van der Waals surface area (Å²) in [5.74, 6) is -0.0784. The number of nitrogens with zero attached hydrogens (tertiary/aromatic N) is 2. The number of anilines is 1. The van der Waals surface area contributed by atoms with E-state index < -0.39 is 0 Å². The molecule has 0 bridgehead atoms. The van der Waals surface area contributed by atoms with E-state index in [0.29, 0.717) is 37.7 Å². The van der Waals surface area contributed by atoms with E-state index in [1.54, 1.807) is 11.8 Å². The molecule has 1 N–H and O–H groups in total. The van der Waals surface area contributed by atoms with Crippen molar-refractivity contribution in [1.29, 1.82) is 0 Å². The number of aryl methyl sites for hydroxylation is 2. The van der Waals surface area contributed by atoms with E-state index in [9.17, 15) is 9.59 Å². The lowest BCUT2D eigenvalue weighted by atomic mass is 10.0. The molecule has 2 amide bonds. The highest BCUT2D eigenvalue weighted by Gasteiger charge is 2.25. The number of thiazole rings is 1. The molecule has 2 heterocycles. The van der Waals surface area contributed by atoms with E-state index in [-0.39, 0.29) is 12.0 Å². The summed E-state index contributed by atoms with van der Waals surface area (Å²) in [6.07, 6.45) is 0.704. The van der Waals surface area contributed by atoms with Crippen LogP contribution < -0.4 is 5.32 Å². The normalized spacial score (nSPS) is 13.3. The van der Waals surface area contributed by atoms with E-state index in [1.807, 2.05) is 26.0 Å². The molecule has 0 aliphatic carbocycles. The monoisotopic (exact) mass is 373 g/mol. The van der Waals surface area contributed by atoms with E-state index in [4.69, 9.17) is 4.74 Å². The second-order valence-electron chi connectivity index (χ2n) is 6.41. The molecule has 1 aliphatic heterocycles. The minimum Gasteiger partial charge on any atom is -0.450 e. The fraction of sp³-hybridized carbons (Fsp3) is 0.421. The second kappa shape index (κ2) is 7.86. The summed E-state index contributed by atoms with van der Waals surface area (Å²) >= 11 is 1.43. The van der Waals surface area contributed by atoms with Gasteiger partial charge in [-0.15, -0.1) is 0 Å². The van der Waals surface area contributed by atoms with Gasteiger partial charge in [-0.25, -0.2) is 9.78 Å². The summed E-state index contributed by atoms with van der Waals surface area (Å²) < 4.78 is 5.06. The lowest BCUT2D eigenvalue weighted by Crippen LogP contribution is -2.35. The molecule has 7 heteroatoms. The topological polar surface area (TPSA) is 71.5 Å². The summed E-state index contributed by atoms with van der Waals surface area (Å²) in [6, 6.07) is 6.09. The number of carbonyl (C=O) groups is 2. The quantitative estimate of drug-likeness (QED) is 0.891. The van der Waals surface area contributed by atoms with Crippen molar-refractivity contribution in [2.75, 3.05) is 18.5 Å². The minimum absolute atomic E-state index is 0.0784. The van der Waals surface area contributed by atoms with Crippen molar-refractivity contribution >= 4 is 28.5 Å². The first-order chi connectivity index (χ1) is 12.5. The molecule has 0 radical (unpaired) electrons. The molecule has 1 aromatic carbocycles. The second-order valence-corrected chi connectivity index (χ2v) is 7.50. The van der Waals surface area contributed by atoms with Crippen LogP contribution in [0, 0.1) is 13.8 Å². The van der Waals surface area contributed by atoms with Crippen molar-refractivity contribution in [1.82, 2.24) is 9.88 Å².